The summed E-state index contributed by atoms with van der Waals surface area (Å²) in [5.74, 6) is 7.05. The summed E-state index contributed by atoms with van der Waals surface area (Å²) in [5, 5.41) is 10.4. The number of rotatable bonds is 4. The predicted molar refractivity (Wildman–Crippen MR) is 90.6 cm³/mol. The van der Waals surface area contributed by atoms with Gasteiger partial charge in [-0.05, 0) is 62.4 Å². The highest BCUT2D eigenvalue weighted by Gasteiger charge is 2.40. The van der Waals surface area contributed by atoms with Crippen molar-refractivity contribution < 1.29 is 5.11 Å². The molecular weight excluding hydrogens is 270 g/mol. The monoisotopic (exact) mass is 297 g/mol. The van der Waals surface area contributed by atoms with Gasteiger partial charge in [0.1, 0.15) is 0 Å². The quantitative estimate of drug-likeness (QED) is 0.681. The first kappa shape index (κ1) is 15.6. The van der Waals surface area contributed by atoms with E-state index in [1.165, 1.54) is 31.2 Å². The third kappa shape index (κ3) is 3.54. The van der Waals surface area contributed by atoms with Crippen molar-refractivity contribution >= 4 is 0 Å². The van der Waals surface area contributed by atoms with Crippen LogP contribution in [-0.4, -0.2) is 35.2 Å². The highest BCUT2D eigenvalue weighted by molar-refractivity contribution is 5.37. The summed E-state index contributed by atoms with van der Waals surface area (Å²) in [6, 6.07) is 8.68. The Balaban J connectivity index is 1.61. The molecule has 2 atom stereocenters. The molecule has 3 heterocycles. The van der Waals surface area contributed by atoms with Gasteiger partial charge in [-0.2, -0.15) is 0 Å². The molecule has 118 valence electrons. The fourth-order valence-corrected chi connectivity index (χ4v) is 3.68. The molecule has 0 aromatic heterocycles. The number of benzene rings is 1. The molecule has 4 rings (SSSR count). The van der Waals surface area contributed by atoms with E-state index in [1.807, 2.05) is 0 Å². The van der Waals surface area contributed by atoms with Crippen LogP contribution in [0.1, 0.15) is 50.2 Å². The molecular formula is C20H27NO. The van der Waals surface area contributed by atoms with Crippen LogP contribution in [0.4, 0.5) is 0 Å². The first-order chi connectivity index (χ1) is 10.8. The van der Waals surface area contributed by atoms with Crippen molar-refractivity contribution in [2.45, 2.75) is 57.6 Å². The molecule has 2 heteroatoms. The van der Waals surface area contributed by atoms with Crippen molar-refractivity contribution in [1.29, 1.82) is 0 Å². The van der Waals surface area contributed by atoms with E-state index in [-0.39, 0.29) is 12.1 Å². The highest BCUT2D eigenvalue weighted by atomic mass is 16.3. The van der Waals surface area contributed by atoms with Gasteiger partial charge in [-0.15, -0.1) is 0 Å². The van der Waals surface area contributed by atoms with Crippen LogP contribution in [0.2, 0.25) is 0 Å². The minimum Gasteiger partial charge on any atom is -0.390 e. The third-order valence-electron chi connectivity index (χ3n) is 5.16. The number of fused-ring (bicyclic) bond motifs is 3. The fraction of sp³-hybridized carbons (Fsp3) is 0.600. The molecule has 0 amide bonds. The van der Waals surface area contributed by atoms with Crippen molar-refractivity contribution in [3.8, 4) is 11.8 Å². The van der Waals surface area contributed by atoms with E-state index in [9.17, 15) is 5.11 Å². The molecule has 3 fully saturated rings. The van der Waals surface area contributed by atoms with E-state index in [0.717, 1.165) is 31.5 Å². The Labute approximate surface area is 134 Å². The Kier molecular flexibility index (Phi) is 5.18. The van der Waals surface area contributed by atoms with Gasteiger partial charge in [0.05, 0.1) is 12.1 Å². The van der Waals surface area contributed by atoms with Gasteiger partial charge in [-0.25, -0.2) is 0 Å². The first-order valence-corrected chi connectivity index (χ1v) is 8.80. The largest absolute Gasteiger partial charge is 0.390 e. The zero-order valence-corrected chi connectivity index (χ0v) is 13.6. The summed E-state index contributed by atoms with van der Waals surface area (Å²) < 4.78 is 0. The van der Waals surface area contributed by atoms with E-state index < -0.39 is 0 Å². The summed E-state index contributed by atoms with van der Waals surface area (Å²) in [6.07, 6.45) is 7.01. The van der Waals surface area contributed by atoms with E-state index in [2.05, 4.69) is 47.9 Å². The van der Waals surface area contributed by atoms with Crippen LogP contribution < -0.4 is 0 Å². The van der Waals surface area contributed by atoms with E-state index >= 15 is 0 Å². The lowest BCUT2D eigenvalue weighted by Crippen LogP contribution is -2.57. The Morgan fingerprint density at radius 1 is 1.14 bits per heavy atom. The minimum absolute atomic E-state index is 0.0386. The van der Waals surface area contributed by atoms with Crippen LogP contribution in [0.5, 0.6) is 0 Å². The lowest BCUT2D eigenvalue weighted by molar-refractivity contribution is -0.0500. The Morgan fingerprint density at radius 2 is 1.86 bits per heavy atom. The second kappa shape index (κ2) is 7.31. The summed E-state index contributed by atoms with van der Waals surface area (Å²) in [7, 11) is 0. The van der Waals surface area contributed by atoms with Gasteiger partial charge in [0.25, 0.3) is 0 Å². The van der Waals surface area contributed by atoms with Gasteiger partial charge in [-0.3, -0.25) is 4.90 Å². The lowest BCUT2D eigenvalue weighted by atomic mass is 9.81. The van der Waals surface area contributed by atoms with Crippen LogP contribution in [0.25, 0.3) is 0 Å². The molecule has 1 aromatic carbocycles. The first-order valence-electron chi connectivity index (χ1n) is 8.80. The number of hydrogen-bond acceptors (Lipinski definition) is 2. The van der Waals surface area contributed by atoms with Crippen molar-refractivity contribution in [3.63, 3.8) is 0 Å². The SMILES string of the molecule is CCCCCc1ccc(C#CC2C(O)C3CCN2CC3)cc1. The Hall–Kier alpha value is -1.30. The molecule has 3 saturated heterocycles. The van der Waals surface area contributed by atoms with Crippen molar-refractivity contribution in [1.82, 2.24) is 4.90 Å². The molecule has 1 aromatic rings. The molecule has 22 heavy (non-hydrogen) atoms. The standard InChI is InChI=1S/C20H27NO/c1-2-3-4-5-16-6-8-17(9-7-16)10-11-19-20(22)18-12-14-21(19)15-13-18/h6-9,18-20,22H,2-5,12-15H2,1H3. The van der Waals surface area contributed by atoms with Gasteiger partial charge < -0.3 is 5.11 Å². The molecule has 2 unspecified atom stereocenters. The minimum atomic E-state index is -0.261. The van der Waals surface area contributed by atoms with Crippen LogP contribution in [0.15, 0.2) is 24.3 Å². The maximum atomic E-state index is 10.4. The van der Waals surface area contributed by atoms with Crippen molar-refractivity contribution in [3.05, 3.63) is 35.4 Å². The second-order valence-corrected chi connectivity index (χ2v) is 6.73. The van der Waals surface area contributed by atoms with Gasteiger partial charge >= 0.3 is 0 Å². The van der Waals surface area contributed by atoms with Crippen LogP contribution >= 0.6 is 0 Å². The topological polar surface area (TPSA) is 23.5 Å². The molecule has 3 aliphatic rings. The second-order valence-electron chi connectivity index (χ2n) is 6.73. The number of nitrogens with zero attached hydrogens (tertiary/aromatic N) is 1. The molecule has 0 spiro atoms. The van der Waals surface area contributed by atoms with Crippen LogP contribution in [0.3, 0.4) is 0 Å². The Morgan fingerprint density at radius 3 is 2.50 bits per heavy atom. The maximum Gasteiger partial charge on any atom is 0.0983 e. The maximum absolute atomic E-state index is 10.4. The average Bonchev–Trinajstić information content (AvgIpc) is 2.56. The highest BCUT2D eigenvalue weighted by Crippen LogP contribution is 2.31. The number of aliphatic hydroxyl groups is 1. The molecule has 2 bridgehead atoms. The van der Waals surface area contributed by atoms with E-state index in [1.54, 1.807) is 0 Å². The van der Waals surface area contributed by atoms with E-state index in [4.69, 9.17) is 0 Å². The van der Waals surface area contributed by atoms with Crippen molar-refractivity contribution in [2.24, 2.45) is 5.92 Å². The van der Waals surface area contributed by atoms with Gasteiger partial charge in [0.15, 0.2) is 0 Å². The number of aryl methyl sites for hydroxylation is 1. The van der Waals surface area contributed by atoms with Gasteiger partial charge in [0.2, 0.25) is 0 Å². The smallest absolute Gasteiger partial charge is 0.0983 e. The van der Waals surface area contributed by atoms with Crippen LogP contribution in [-0.2, 0) is 6.42 Å². The predicted octanol–water partition coefficient (Wildman–Crippen LogP) is 3.23. The number of hydrogen-bond donors (Lipinski definition) is 1. The third-order valence-corrected chi connectivity index (χ3v) is 5.16. The average molecular weight is 297 g/mol. The fourth-order valence-electron chi connectivity index (χ4n) is 3.68. The van der Waals surface area contributed by atoms with Gasteiger partial charge in [-0.1, -0.05) is 43.7 Å². The van der Waals surface area contributed by atoms with Crippen LogP contribution in [0, 0.1) is 17.8 Å². The summed E-state index contributed by atoms with van der Waals surface area (Å²) in [6.45, 7) is 4.43. The lowest BCUT2D eigenvalue weighted by Gasteiger charge is -2.46. The zero-order chi connectivity index (χ0) is 15.4. The molecule has 0 radical (unpaired) electrons. The molecule has 0 saturated carbocycles. The summed E-state index contributed by atoms with van der Waals surface area (Å²) in [5.41, 5.74) is 2.47. The van der Waals surface area contributed by atoms with E-state index in [0.29, 0.717) is 5.92 Å². The number of piperidine rings is 3. The molecule has 0 aliphatic carbocycles. The zero-order valence-electron chi connectivity index (χ0n) is 13.6. The normalized spacial score (nSPS) is 29.9. The molecule has 3 aliphatic heterocycles. The van der Waals surface area contributed by atoms with Crippen molar-refractivity contribution in [2.75, 3.05) is 13.1 Å². The molecule has 1 N–H and O–H groups in total. The summed E-state index contributed by atoms with van der Waals surface area (Å²) >= 11 is 0. The summed E-state index contributed by atoms with van der Waals surface area (Å²) in [4.78, 5) is 2.34. The Bertz CT molecular complexity index is 529. The number of unbranched alkanes of at least 4 members (excludes halogenated alkanes) is 2. The molecule has 2 nitrogen and oxygen atoms in total. The van der Waals surface area contributed by atoms with Gasteiger partial charge in [0, 0.05) is 5.56 Å². The number of aliphatic hydroxyl groups excluding tert-OH is 1.